The van der Waals surface area contributed by atoms with Crippen LogP contribution in [0.5, 0.6) is 0 Å². The summed E-state index contributed by atoms with van der Waals surface area (Å²) in [4.78, 5) is 12.4. The first-order valence-corrected chi connectivity index (χ1v) is 9.20. The van der Waals surface area contributed by atoms with E-state index in [9.17, 15) is 17.6 Å². The second kappa shape index (κ2) is 6.72. The molecule has 3 rings (SSSR count). The van der Waals surface area contributed by atoms with Crippen LogP contribution in [0.1, 0.15) is 21.6 Å². The maximum Gasteiger partial charge on any atom is 0.285 e. The number of sulfonamides is 1. The number of aromatic nitrogens is 2. The SMILES string of the molecule is Cc1ccc(S(=O)(=O)NC(=O)c2nn(-c3ccc(F)cc3)cc2C)cc1. The fourth-order valence-electron chi connectivity index (χ4n) is 2.36. The number of carbonyl (C=O) groups is 1. The molecule has 0 aliphatic rings. The fraction of sp³-hybridized carbons (Fsp3) is 0.111. The molecule has 134 valence electrons. The second-order valence-corrected chi connectivity index (χ2v) is 7.51. The maximum atomic E-state index is 13.0. The van der Waals surface area contributed by atoms with Crippen LogP contribution in [0.25, 0.3) is 5.69 Å². The van der Waals surface area contributed by atoms with E-state index in [-0.39, 0.29) is 16.4 Å². The molecule has 0 fully saturated rings. The molecule has 0 saturated carbocycles. The molecule has 0 aliphatic carbocycles. The standard InChI is InChI=1S/C18H16FN3O3S/c1-12-3-9-16(10-4-12)26(24,25)21-18(23)17-13(2)11-22(20-17)15-7-5-14(19)6-8-15/h3-11H,1-2H3,(H,21,23). The second-order valence-electron chi connectivity index (χ2n) is 5.83. The van der Waals surface area contributed by atoms with Gasteiger partial charge in [0.15, 0.2) is 5.69 Å². The van der Waals surface area contributed by atoms with E-state index in [1.165, 1.54) is 41.1 Å². The Morgan fingerprint density at radius 3 is 2.27 bits per heavy atom. The summed E-state index contributed by atoms with van der Waals surface area (Å²) in [6, 6.07) is 11.7. The van der Waals surface area contributed by atoms with Gasteiger partial charge in [-0.2, -0.15) is 5.10 Å². The Balaban J connectivity index is 1.86. The zero-order valence-electron chi connectivity index (χ0n) is 14.1. The summed E-state index contributed by atoms with van der Waals surface area (Å²) in [6.07, 6.45) is 1.57. The molecule has 1 N–H and O–H groups in total. The molecule has 0 spiro atoms. The summed E-state index contributed by atoms with van der Waals surface area (Å²) in [5.74, 6) is -1.22. The van der Waals surface area contributed by atoms with Gasteiger partial charge in [-0.15, -0.1) is 0 Å². The van der Waals surface area contributed by atoms with Crippen LogP contribution < -0.4 is 4.72 Å². The van der Waals surface area contributed by atoms with Crippen LogP contribution in [0.15, 0.2) is 59.6 Å². The van der Waals surface area contributed by atoms with Crippen LogP contribution in [-0.4, -0.2) is 24.1 Å². The molecule has 8 heteroatoms. The van der Waals surface area contributed by atoms with Gasteiger partial charge in [-0.05, 0) is 50.2 Å². The number of rotatable bonds is 4. The molecule has 6 nitrogen and oxygen atoms in total. The van der Waals surface area contributed by atoms with E-state index in [0.717, 1.165) is 5.56 Å². The Morgan fingerprint density at radius 1 is 1.04 bits per heavy atom. The quantitative estimate of drug-likeness (QED) is 0.762. The first-order valence-electron chi connectivity index (χ1n) is 7.72. The van der Waals surface area contributed by atoms with Crippen molar-refractivity contribution in [1.82, 2.24) is 14.5 Å². The third-order valence-electron chi connectivity index (χ3n) is 3.76. The first-order chi connectivity index (χ1) is 12.3. The zero-order chi connectivity index (χ0) is 18.9. The average Bonchev–Trinajstić information content (AvgIpc) is 2.97. The Kier molecular flexibility index (Phi) is 4.60. The number of amides is 1. The van der Waals surface area contributed by atoms with Gasteiger partial charge in [-0.25, -0.2) is 22.2 Å². The third-order valence-corrected chi connectivity index (χ3v) is 5.11. The normalized spacial score (nSPS) is 11.3. The van der Waals surface area contributed by atoms with Crippen molar-refractivity contribution in [3.8, 4) is 5.69 Å². The van der Waals surface area contributed by atoms with Gasteiger partial charge in [0.05, 0.1) is 10.6 Å². The topological polar surface area (TPSA) is 81.1 Å². The van der Waals surface area contributed by atoms with Gasteiger partial charge < -0.3 is 0 Å². The molecule has 1 aromatic heterocycles. The van der Waals surface area contributed by atoms with Crippen LogP contribution in [0, 0.1) is 19.7 Å². The van der Waals surface area contributed by atoms with E-state index in [4.69, 9.17) is 0 Å². The third kappa shape index (κ3) is 3.65. The number of halogens is 1. The Hall–Kier alpha value is -3.00. The highest BCUT2D eigenvalue weighted by molar-refractivity contribution is 7.90. The summed E-state index contributed by atoms with van der Waals surface area (Å²) < 4.78 is 41.1. The lowest BCUT2D eigenvalue weighted by Crippen LogP contribution is -2.31. The van der Waals surface area contributed by atoms with Crippen LogP contribution in [0.3, 0.4) is 0 Å². The zero-order valence-corrected chi connectivity index (χ0v) is 14.9. The molecule has 26 heavy (non-hydrogen) atoms. The van der Waals surface area contributed by atoms with E-state index < -0.39 is 15.9 Å². The van der Waals surface area contributed by atoms with Gasteiger partial charge in [-0.1, -0.05) is 17.7 Å². The molecule has 0 unspecified atom stereocenters. The van der Waals surface area contributed by atoms with E-state index in [0.29, 0.717) is 11.3 Å². The van der Waals surface area contributed by atoms with Gasteiger partial charge in [0.1, 0.15) is 5.82 Å². The number of hydrogen-bond donors (Lipinski definition) is 1. The predicted octanol–water partition coefficient (Wildman–Crippen LogP) is 2.75. The summed E-state index contributed by atoms with van der Waals surface area (Å²) in [5.41, 5.74) is 1.93. The van der Waals surface area contributed by atoms with Crippen LogP contribution in [0.4, 0.5) is 4.39 Å². The largest absolute Gasteiger partial charge is 0.285 e. The number of carbonyl (C=O) groups excluding carboxylic acids is 1. The summed E-state index contributed by atoms with van der Waals surface area (Å²) in [5, 5.41) is 4.12. The highest BCUT2D eigenvalue weighted by atomic mass is 32.2. The molecule has 0 atom stereocenters. The summed E-state index contributed by atoms with van der Waals surface area (Å²) in [6.45, 7) is 3.47. The van der Waals surface area contributed by atoms with E-state index in [1.807, 2.05) is 11.6 Å². The van der Waals surface area contributed by atoms with Gasteiger partial charge >= 0.3 is 0 Å². The predicted molar refractivity (Wildman–Crippen MR) is 94.1 cm³/mol. The lowest BCUT2D eigenvalue weighted by atomic mass is 10.2. The van der Waals surface area contributed by atoms with E-state index in [1.54, 1.807) is 25.3 Å². The van der Waals surface area contributed by atoms with Crippen molar-refractivity contribution in [2.45, 2.75) is 18.7 Å². The van der Waals surface area contributed by atoms with Crippen molar-refractivity contribution >= 4 is 15.9 Å². The number of benzene rings is 2. The van der Waals surface area contributed by atoms with Gasteiger partial charge in [0.25, 0.3) is 15.9 Å². The highest BCUT2D eigenvalue weighted by Gasteiger charge is 2.22. The van der Waals surface area contributed by atoms with Crippen LogP contribution >= 0.6 is 0 Å². The van der Waals surface area contributed by atoms with Crippen molar-refractivity contribution in [3.05, 3.63) is 77.4 Å². The van der Waals surface area contributed by atoms with Crippen molar-refractivity contribution in [2.75, 3.05) is 0 Å². The minimum Gasteiger partial charge on any atom is -0.266 e. The molecule has 0 bridgehead atoms. The molecule has 1 amide bonds. The van der Waals surface area contributed by atoms with E-state index >= 15 is 0 Å². The highest BCUT2D eigenvalue weighted by Crippen LogP contribution is 2.14. The average molecular weight is 373 g/mol. The molecule has 0 radical (unpaired) electrons. The molecule has 3 aromatic rings. The molecule has 0 saturated heterocycles. The fourth-order valence-corrected chi connectivity index (χ4v) is 3.31. The van der Waals surface area contributed by atoms with Gasteiger partial charge in [0.2, 0.25) is 0 Å². The smallest absolute Gasteiger partial charge is 0.266 e. The number of nitrogens with zero attached hydrogens (tertiary/aromatic N) is 2. The lowest BCUT2D eigenvalue weighted by Gasteiger charge is -2.06. The first kappa shape index (κ1) is 17.8. The summed E-state index contributed by atoms with van der Waals surface area (Å²) >= 11 is 0. The molecular formula is C18H16FN3O3S. The summed E-state index contributed by atoms with van der Waals surface area (Å²) in [7, 11) is -4.00. The number of aryl methyl sites for hydroxylation is 2. The van der Waals surface area contributed by atoms with Crippen molar-refractivity contribution in [2.24, 2.45) is 0 Å². The van der Waals surface area contributed by atoms with Crippen LogP contribution in [0.2, 0.25) is 0 Å². The van der Waals surface area contributed by atoms with Gasteiger partial charge in [-0.3, -0.25) is 4.79 Å². The molecular weight excluding hydrogens is 357 g/mol. The maximum absolute atomic E-state index is 13.0. The van der Waals surface area contributed by atoms with Crippen molar-refractivity contribution in [1.29, 1.82) is 0 Å². The Labute approximate surface area is 150 Å². The lowest BCUT2D eigenvalue weighted by molar-refractivity contribution is 0.0975. The van der Waals surface area contributed by atoms with Gasteiger partial charge in [0, 0.05) is 11.8 Å². The Morgan fingerprint density at radius 2 is 1.65 bits per heavy atom. The minimum atomic E-state index is -4.00. The van der Waals surface area contributed by atoms with E-state index in [2.05, 4.69) is 5.10 Å². The molecule has 1 heterocycles. The van der Waals surface area contributed by atoms with Crippen LogP contribution in [-0.2, 0) is 10.0 Å². The Bertz CT molecular complexity index is 1060. The minimum absolute atomic E-state index is 0.00734. The van der Waals surface area contributed by atoms with Crippen molar-refractivity contribution < 1.29 is 17.6 Å². The monoisotopic (exact) mass is 373 g/mol. The number of nitrogens with one attached hydrogen (secondary N) is 1. The van der Waals surface area contributed by atoms with Crippen molar-refractivity contribution in [3.63, 3.8) is 0 Å². The number of hydrogen-bond acceptors (Lipinski definition) is 4. The molecule has 0 aliphatic heterocycles. The molecule has 2 aromatic carbocycles.